The maximum atomic E-state index is 2.49. The SMILES string of the molecule is Cc1cccc(-c2ccc(C3(c4ccc(-c5ccccc5)cc4)c4ccccc4-n4c5ccccc5c5cccc3c54)cc2)c1. The second-order valence-corrected chi connectivity index (χ2v) is 12.2. The molecule has 7 aromatic carbocycles. The molecule has 1 unspecified atom stereocenters. The van der Waals surface area contributed by atoms with Gasteiger partial charge in [-0.15, -0.1) is 0 Å². The quantitative estimate of drug-likeness (QED) is 0.197. The topological polar surface area (TPSA) is 4.93 Å². The molecular formula is C44H31N. The molecule has 45 heavy (non-hydrogen) atoms. The number of benzene rings is 7. The summed E-state index contributed by atoms with van der Waals surface area (Å²) in [5.74, 6) is 0. The molecule has 1 aliphatic heterocycles. The number of para-hydroxylation sites is 3. The van der Waals surface area contributed by atoms with Crippen molar-refractivity contribution in [2.75, 3.05) is 0 Å². The maximum Gasteiger partial charge on any atom is 0.0742 e. The largest absolute Gasteiger partial charge is 0.309 e. The van der Waals surface area contributed by atoms with Gasteiger partial charge in [-0.25, -0.2) is 0 Å². The molecule has 0 spiro atoms. The Hall–Kier alpha value is -5.66. The van der Waals surface area contributed by atoms with Crippen LogP contribution in [0.2, 0.25) is 0 Å². The summed E-state index contributed by atoms with van der Waals surface area (Å²) in [6.45, 7) is 2.16. The highest BCUT2D eigenvalue weighted by Gasteiger charge is 2.45. The molecular weight excluding hydrogens is 542 g/mol. The minimum absolute atomic E-state index is 0.513. The van der Waals surface area contributed by atoms with Gasteiger partial charge in [0.1, 0.15) is 0 Å². The molecule has 1 nitrogen and oxygen atoms in total. The Morgan fingerprint density at radius 2 is 0.978 bits per heavy atom. The molecule has 0 N–H and O–H groups in total. The molecule has 0 saturated carbocycles. The lowest BCUT2D eigenvalue weighted by molar-refractivity contribution is 0.728. The average molecular weight is 574 g/mol. The first-order chi connectivity index (χ1) is 22.2. The summed E-state index contributed by atoms with van der Waals surface area (Å²) in [6.07, 6.45) is 0. The second-order valence-electron chi connectivity index (χ2n) is 12.2. The molecule has 2 heterocycles. The van der Waals surface area contributed by atoms with Crippen molar-refractivity contribution < 1.29 is 0 Å². The number of nitrogens with zero attached hydrogens (tertiary/aromatic N) is 1. The molecule has 0 amide bonds. The Morgan fingerprint density at radius 3 is 1.73 bits per heavy atom. The first kappa shape index (κ1) is 25.8. The molecule has 0 radical (unpaired) electrons. The third-order valence-electron chi connectivity index (χ3n) is 9.74. The fraction of sp³-hybridized carbons (Fsp3) is 0.0455. The third-order valence-corrected chi connectivity index (χ3v) is 9.74. The summed E-state index contributed by atoms with van der Waals surface area (Å²) < 4.78 is 2.49. The summed E-state index contributed by atoms with van der Waals surface area (Å²) in [7, 11) is 0. The molecule has 1 aliphatic rings. The minimum atomic E-state index is -0.513. The van der Waals surface area contributed by atoms with E-state index in [2.05, 4.69) is 181 Å². The van der Waals surface area contributed by atoms with Crippen LogP contribution in [0.3, 0.4) is 0 Å². The van der Waals surface area contributed by atoms with E-state index in [1.165, 1.54) is 77.6 Å². The second kappa shape index (κ2) is 9.94. The Bertz CT molecular complexity index is 2360. The van der Waals surface area contributed by atoms with Gasteiger partial charge in [0.05, 0.1) is 22.1 Å². The molecule has 0 saturated heterocycles. The number of hydrogen-bond donors (Lipinski definition) is 0. The van der Waals surface area contributed by atoms with Crippen LogP contribution in [0.15, 0.2) is 170 Å². The Morgan fingerprint density at radius 1 is 0.422 bits per heavy atom. The summed E-state index contributed by atoms with van der Waals surface area (Å²) in [5.41, 5.74) is 14.6. The molecule has 1 aromatic heterocycles. The zero-order valence-electron chi connectivity index (χ0n) is 25.1. The van der Waals surface area contributed by atoms with Gasteiger partial charge in [-0.3, -0.25) is 0 Å². The van der Waals surface area contributed by atoms with Crippen LogP contribution < -0.4 is 0 Å². The van der Waals surface area contributed by atoms with Gasteiger partial charge in [0.25, 0.3) is 0 Å². The monoisotopic (exact) mass is 573 g/mol. The van der Waals surface area contributed by atoms with E-state index in [1.54, 1.807) is 0 Å². The first-order valence-electron chi connectivity index (χ1n) is 15.7. The van der Waals surface area contributed by atoms with Gasteiger partial charge in [-0.05, 0) is 63.6 Å². The van der Waals surface area contributed by atoms with Crippen LogP contribution in [0.5, 0.6) is 0 Å². The van der Waals surface area contributed by atoms with Crippen LogP contribution in [-0.2, 0) is 5.41 Å². The van der Waals surface area contributed by atoms with Crippen molar-refractivity contribution in [3.63, 3.8) is 0 Å². The van der Waals surface area contributed by atoms with Crippen molar-refractivity contribution in [2.24, 2.45) is 0 Å². The van der Waals surface area contributed by atoms with Crippen LogP contribution in [0.1, 0.15) is 27.8 Å². The number of aryl methyl sites for hydroxylation is 1. The van der Waals surface area contributed by atoms with E-state index in [4.69, 9.17) is 0 Å². The van der Waals surface area contributed by atoms with Crippen LogP contribution in [0.4, 0.5) is 0 Å². The number of rotatable bonds is 4. The highest BCUT2D eigenvalue weighted by Crippen LogP contribution is 2.54. The summed E-state index contributed by atoms with van der Waals surface area (Å²) in [6, 6.07) is 62.8. The van der Waals surface area contributed by atoms with Gasteiger partial charge in [-0.1, -0.05) is 163 Å². The lowest BCUT2D eigenvalue weighted by Crippen LogP contribution is -2.35. The third kappa shape index (κ3) is 3.74. The Kier molecular flexibility index (Phi) is 5.70. The predicted octanol–water partition coefficient (Wildman–Crippen LogP) is 11.1. The van der Waals surface area contributed by atoms with Gasteiger partial charge < -0.3 is 4.57 Å². The van der Waals surface area contributed by atoms with Crippen molar-refractivity contribution in [1.29, 1.82) is 0 Å². The fourth-order valence-electron chi connectivity index (χ4n) is 7.77. The van der Waals surface area contributed by atoms with E-state index < -0.39 is 5.41 Å². The van der Waals surface area contributed by atoms with Gasteiger partial charge in [0.15, 0.2) is 0 Å². The molecule has 0 aliphatic carbocycles. The Balaban J connectivity index is 1.38. The summed E-state index contributed by atoms with van der Waals surface area (Å²) >= 11 is 0. The van der Waals surface area contributed by atoms with Gasteiger partial charge in [0, 0.05) is 10.8 Å². The highest BCUT2D eigenvalue weighted by molar-refractivity contribution is 6.12. The van der Waals surface area contributed by atoms with E-state index in [1.807, 2.05) is 0 Å². The van der Waals surface area contributed by atoms with Crippen molar-refractivity contribution in [3.05, 3.63) is 198 Å². The van der Waals surface area contributed by atoms with Crippen molar-refractivity contribution in [3.8, 4) is 27.9 Å². The number of aromatic nitrogens is 1. The number of fused-ring (bicyclic) bond motifs is 5. The molecule has 0 bridgehead atoms. The standard InChI is InChI=1S/C44H31N/c1-30-11-9-14-34(29-30)33-23-27-36(28-24-33)44(35-25-21-32(22-26-35)31-12-3-2-4-13-31)39-17-6-8-20-42(39)45-41-19-7-5-15-37(41)38-16-10-18-40(44)43(38)45/h2-29H,1H3. The van der Waals surface area contributed by atoms with E-state index in [0.29, 0.717) is 0 Å². The molecule has 1 atom stereocenters. The fourth-order valence-corrected chi connectivity index (χ4v) is 7.77. The molecule has 1 heteroatoms. The lowest BCUT2D eigenvalue weighted by Gasteiger charge is -2.42. The van der Waals surface area contributed by atoms with Crippen LogP contribution in [-0.4, -0.2) is 4.57 Å². The number of hydrogen-bond acceptors (Lipinski definition) is 0. The highest BCUT2D eigenvalue weighted by atomic mass is 15.0. The molecule has 0 fully saturated rings. The molecule has 8 aromatic rings. The first-order valence-corrected chi connectivity index (χ1v) is 15.7. The van der Waals surface area contributed by atoms with Gasteiger partial charge >= 0.3 is 0 Å². The lowest BCUT2D eigenvalue weighted by atomic mass is 9.63. The van der Waals surface area contributed by atoms with Crippen LogP contribution >= 0.6 is 0 Å². The Labute approximate surface area is 263 Å². The van der Waals surface area contributed by atoms with E-state index in [9.17, 15) is 0 Å². The van der Waals surface area contributed by atoms with E-state index >= 15 is 0 Å². The van der Waals surface area contributed by atoms with Crippen molar-refractivity contribution in [2.45, 2.75) is 12.3 Å². The molecule has 212 valence electrons. The summed E-state index contributed by atoms with van der Waals surface area (Å²) in [5, 5.41) is 2.58. The zero-order chi connectivity index (χ0) is 30.0. The zero-order valence-corrected chi connectivity index (χ0v) is 25.1. The van der Waals surface area contributed by atoms with Crippen LogP contribution in [0.25, 0.3) is 49.7 Å². The normalized spacial score (nSPS) is 15.3. The van der Waals surface area contributed by atoms with Crippen LogP contribution in [0, 0.1) is 6.92 Å². The van der Waals surface area contributed by atoms with Gasteiger partial charge in [0.2, 0.25) is 0 Å². The molecule has 9 rings (SSSR count). The predicted molar refractivity (Wildman–Crippen MR) is 188 cm³/mol. The maximum absolute atomic E-state index is 2.49. The van der Waals surface area contributed by atoms with E-state index in [0.717, 1.165) is 0 Å². The van der Waals surface area contributed by atoms with Gasteiger partial charge in [-0.2, -0.15) is 0 Å². The van der Waals surface area contributed by atoms with Crippen molar-refractivity contribution in [1.82, 2.24) is 4.57 Å². The smallest absolute Gasteiger partial charge is 0.0742 e. The van der Waals surface area contributed by atoms with Crippen molar-refractivity contribution >= 4 is 21.8 Å². The minimum Gasteiger partial charge on any atom is -0.309 e. The average Bonchev–Trinajstić information content (AvgIpc) is 3.45. The van der Waals surface area contributed by atoms with E-state index in [-0.39, 0.29) is 0 Å². The summed E-state index contributed by atoms with van der Waals surface area (Å²) in [4.78, 5) is 0.